The van der Waals surface area contributed by atoms with Crippen LogP contribution in [0.15, 0.2) is 16.6 Å². The van der Waals surface area contributed by atoms with Gasteiger partial charge in [0.05, 0.1) is 5.41 Å². The lowest BCUT2D eigenvalue weighted by atomic mass is 9.85. The molecule has 0 aliphatic carbocycles. The molecular weight excluding hydrogens is 275 g/mol. The minimum absolute atomic E-state index is 0.174. The molecule has 0 aliphatic rings. The number of aryl methyl sites for hydroxylation is 1. The van der Waals surface area contributed by atoms with E-state index in [2.05, 4.69) is 15.9 Å². The van der Waals surface area contributed by atoms with E-state index in [0.29, 0.717) is 5.56 Å². The van der Waals surface area contributed by atoms with Crippen molar-refractivity contribution in [3.8, 4) is 0 Å². The van der Waals surface area contributed by atoms with Crippen molar-refractivity contribution >= 4 is 21.9 Å². The lowest BCUT2D eigenvalue weighted by molar-refractivity contribution is -0.146. The maximum atomic E-state index is 13.6. The maximum absolute atomic E-state index is 13.6. The van der Waals surface area contributed by atoms with Crippen molar-refractivity contribution < 1.29 is 14.3 Å². The van der Waals surface area contributed by atoms with Crippen LogP contribution in [-0.2, 0) is 11.2 Å². The van der Waals surface area contributed by atoms with Crippen molar-refractivity contribution in [2.24, 2.45) is 5.41 Å². The monoisotopic (exact) mass is 288 g/mol. The molecule has 0 aromatic heterocycles. The SMILES string of the molecule is Cc1cc(F)c(CC(C)(C)C(=O)O)cc1Br. The summed E-state index contributed by atoms with van der Waals surface area (Å²) in [7, 11) is 0. The van der Waals surface area contributed by atoms with Gasteiger partial charge in [-0.05, 0) is 50.5 Å². The van der Waals surface area contributed by atoms with Gasteiger partial charge in [0, 0.05) is 4.47 Å². The number of carboxylic acid groups (broad SMARTS) is 1. The van der Waals surface area contributed by atoms with E-state index >= 15 is 0 Å². The average molecular weight is 289 g/mol. The van der Waals surface area contributed by atoms with E-state index in [1.807, 2.05) is 0 Å². The number of halogens is 2. The summed E-state index contributed by atoms with van der Waals surface area (Å²) in [6.07, 6.45) is 0.174. The molecule has 0 saturated carbocycles. The molecule has 0 saturated heterocycles. The van der Waals surface area contributed by atoms with Gasteiger partial charge in [0.25, 0.3) is 0 Å². The topological polar surface area (TPSA) is 37.3 Å². The second-order valence-electron chi connectivity index (χ2n) is 4.56. The van der Waals surface area contributed by atoms with E-state index in [1.54, 1.807) is 26.8 Å². The van der Waals surface area contributed by atoms with Crippen LogP contribution in [0, 0.1) is 18.2 Å². The van der Waals surface area contributed by atoms with Crippen LogP contribution in [-0.4, -0.2) is 11.1 Å². The number of benzene rings is 1. The van der Waals surface area contributed by atoms with Crippen LogP contribution in [0.3, 0.4) is 0 Å². The Morgan fingerprint density at radius 3 is 2.56 bits per heavy atom. The first-order valence-corrected chi connectivity index (χ1v) is 5.71. The molecule has 88 valence electrons. The molecule has 1 N–H and O–H groups in total. The zero-order chi connectivity index (χ0) is 12.5. The van der Waals surface area contributed by atoms with Crippen molar-refractivity contribution in [1.29, 1.82) is 0 Å². The second kappa shape index (κ2) is 4.53. The Morgan fingerprint density at radius 2 is 2.06 bits per heavy atom. The summed E-state index contributed by atoms with van der Waals surface area (Å²) in [5.41, 5.74) is 0.259. The van der Waals surface area contributed by atoms with Gasteiger partial charge in [-0.2, -0.15) is 0 Å². The van der Waals surface area contributed by atoms with Gasteiger partial charge in [0.1, 0.15) is 5.82 Å². The fraction of sp³-hybridized carbons (Fsp3) is 0.417. The maximum Gasteiger partial charge on any atom is 0.309 e. The van der Waals surface area contributed by atoms with Crippen molar-refractivity contribution in [3.05, 3.63) is 33.5 Å². The molecule has 4 heteroatoms. The summed E-state index contributed by atoms with van der Waals surface area (Å²) in [4.78, 5) is 11.0. The lowest BCUT2D eigenvalue weighted by Crippen LogP contribution is -2.26. The highest BCUT2D eigenvalue weighted by atomic mass is 79.9. The lowest BCUT2D eigenvalue weighted by Gasteiger charge is -2.19. The predicted molar refractivity (Wildman–Crippen MR) is 64.0 cm³/mol. The second-order valence-corrected chi connectivity index (χ2v) is 5.41. The fourth-order valence-electron chi connectivity index (χ4n) is 1.37. The van der Waals surface area contributed by atoms with E-state index in [1.165, 1.54) is 6.07 Å². The number of hydrogen-bond donors (Lipinski definition) is 1. The zero-order valence-corrected chi connectivity index (χ0v) is 11.1. The Hall–Kier alpha value is -0.900. The van der Waals surface area contributed by atoms with Crippen molar-refractivity contribution in [2.75, 3.05) is 0 Å². The molecule has 0 radical (unpaired) electrons. The van der Waals surface area contributed by atoms with Gasteiger partial charge in [-0.15, -0.1) is 0 Å². The van der Waals surface area contributed by atoms with Crippen LogP contribution in [0.5, 0.6) is 0 Å². The number of aliphatic carboxylic acids is 1. The Labute approximate surface area is 103 Å². The average Bonchev–Trinajstić information content (AvgIpc) is 2.13. The first-order chi connectivity index (χ1) is 7.24. The number of carbonyl (C=O) groups is 1. The molecule has 0 bridgehead atoms. The van der Waals surface area contributed by atoms with Crippen LogP contribution >= 0.6 is 15.9 Å². The highest BCUT2D eigenvalue weighted by Gasteiger charge is 2.28. The standard InChI is InChI=1S/C12H14BrFO2/c1-7-4-10(14)8(5-9(7)13)6-12(2,3)11(15)16/h4-5H,6H2,1-3H3,(H,15,16). The first-order valence-electron chi connectivity index (χ1n) is 4.92. The highest BCUT2D eigenvalue weighted by Crippen LogP contribution is 2.27. The molecule has 0 amide bonds. The van der Waals surface area contributed by atoms with Gasteiger partial charge in [-0.1, -0.05) is 15.9 Å². The summed E-state index contributed by atoms with van der Waals surface area (Å²) in [6, 6.07) is 3.06. The minimum Gasteiger partial charge on any atom is -0.481 e. The van der Waals surface area contributed by atoms with E-state index in [-0.39, 0.29) is 12.2 Å². The normalized spacial score (nSPS) is 11.6. The van der Waals surface area contributed by atoms with Crippen molar-refractivity contribution in [1.82, 2.24) is 0 Å². The molecule has 16 heavy (non-hydrogen) atoms. The molecule has 0 fully saturated rings. The van der Waals surface area contributed by atoms with Crippen LogP contribution in [0.25, 0.3) is 0 Å². The Morgan fingerprint density at radius 1 is 1.50 bits per heavy atom. The molecule has 0 heterocycles. The van der Waals surface area contributed by atoms with Crippen molar-refractivity contribution in [2.45, 2.75) is 27.2 Å². The summed E-state index contributed by atoms with van der Waals surface area (Å²) >= 11 is 3.31. The quantitative estimate of drug-likeness (QED) is 0.924. The minimum atomic E-state index is -0.963. The van der Waals surface area contributed by atoms with E-state index in [0.717, 1.165) is 10.0 Å². The smallest absolute Gasteiger partial charge is 0.309 e. The van der Waals surface area contributed by atoms with Gasteiger partial charge < -0.3 is 5.11 Å². The fourth-order valence-corrected chi connectivity index (χ4v) is 1.77. The van der Waals surface area contributed by atoms with E-state index in [4.69, 9.17) is 5.11 Å². The van der Waals surface area contributed by atoms with Gasteiger partial charge in [-0.25, -0.2) is 4.39 Å². The summed E-state index contributed by atoms with van der Waals surface area (Å²) in [6.45, 7) is 4.96. The molecule has 1 aromatic rings. The van der Waals surface area contributed by atoms with Crippen LogP contribution in [0.1, 0.15) is 25.0 Å². The molecule has 2 nitrogen and oxygen atoms in total. The van der Waals surface area contributed by atoms with Crippen LogP contribution in [0.2, 0.25) is 0 Å². The van der Waals surface area contributed by atoms with Gasteiger partial charge >= 0.3 is 5.97 Å². The predicted octanol–water partition coefficient (Wildman–Crippen LogP) is 3.55. The highest BCUT2D eigenvalue weighted by molar-refractivity contribution is 9.10. The molecular formula is C12H14BrFO2. The van der Waals surface area contributed by atoms with E-state index < -0.39 is 11.4 Å². The molecule has 1 aromatic carbocycles. The third kappa shape index (κ3) is 2.82. The summed E-state index contributed by atoms with van der Waals surface area (Å²) in [5.74, 6) is -1.28. The van der Waals surface area contributed by atoms with Crippen molar-refractivity contribution in [3.63, 3.8) is 0 Å². The third-order valence-corrected chi connectivity index (χ3v) is 3.39. The molecule has 0 unspecified atom stereocenters. The number of hydrogen-bond acceptors (Lipinski definition) is 1. The summed E-state index contributed by atoms with van der Waals surface area (Å²) in [5, 5.41) is 8.98. The molecule has 0 atom stereocenters. The molecule has 0 aliphatic heterocycles. The van der Waals surface area contributed by atoms with Gasteiger partial charge in [0.15, 0.2) is 0 Å². The van der Waals surface area contributed by atoms with Gasteiger partial charge in [-0.3, -0.25) is 4.79 Å². The van der Waals surface area contributed by atoms with Crippen LogP contribution in [0.4, 0.5) is 4.39 Å². The van der Waals surface area contributed by atoms with Crippen LogP contribution < -0.4 is 0 Å². The Bertz CT molecular complexity index is 427. The largest absolute Gasteiger partial charge is 0.481 e. The molecule has 1 rings (SSSR count). The zero-order valence-electron chi connectivity index (χ0n) is 9.47. The summed E-state index contributed by atoms with van der Waals surface area (Å²) < 4.78 is 14.4. The number of rotatable bonds is 3. The first kappa shape index (κ1) is 13.2. The van der Waals surface area contributed by atoms with E-state index in [9.17, 15) is 9.18 Å². The molecule has 0 spiro atoms. The van der Waals surface area contributed by atoms with Gasteiger partial charge in [0.2, 0.25) is 0 Å². The number of carboxylic acids is 1. The Kier molecular flexibility index (Phi) is 3.73. The Balaban J connectivity index is 3.07. The third-order valence-electron chi connectivity index (χ3n) is 2.54.